The Morgan fingerprint density at radius 3 is 2.62 bits per heavy atom. The predicted molar refractivity (Wildman–Crippen MR) is 83.9 cm³/mol. The molecule has 2 aromatic rings. The summed E-state index contributed by atoms with van der Waals surface area (Å²) >= 11 is 19.6. The van der Waals surface area contributed by atoms with Crippen molar-refractivity contribution in [2.24, 2.45) is 0 Å². The molecule has 0 bridgehead atoms. The Bertz CT molecular complexity index is 512. The fraction of sp³-hybridized carbons (Fsp3) is 0.0909. The van der Waals surface area contributed by atoms with Gasteiger partial charge in [0.05, 0.1) is 9.71 Å². The first-order chi connectivity index (χ1) is 7.58. The maximum Gasteiger partial charge on any atom is 0.0938 e. The normalized spacial score (nSPS) is 12.8. The third kappa shape index (κ3) is 2.93. The second-order valence-corrected chi connectivity index (χ2v) is 7.43. The van der Waals surface area contributed by atoms with Gasteiger partial charge in [0.15, 0.2) is 0 Å². The molecule has 0 amide bonds. The molecule has 2 rings (SSSR count). The molecular weight excluding hydrogens is 442 g/mol. The zero-order valence-electron chi connectivity index (χ0n) is 7.88. The van der Waals surface area contributed by atoms with Crippen LogP contribution in [0.2, 0.25) is 4.34 Å². The molecule has 0 aliphatic rings. The molecule has 0 saturated carbocycles. The molecule has 0 fully saturated rings. The van der Waals surface area contributed by atoms with Gasteiger partial charge < -0.3 is 0 Å². The van der Waals surface area contributed by atoms with Crippen LogP contribution in [0, 0.1) is 3.57 Å². The van der Waals surface area contributed by atoms with Gasteiger partial charge in [-0.05, 0) is 58.5 Å². The first-order valence-electron chi connectivity index (χ1n) is 4.42. The van der Waals surface area contributed by atoms with E-state index in [0.29, 0.717) is 0 Å². The highest BCUT2D eigenvalue weighted by Gasteiger charge is 2.16. The van der Waals surface area contributed by atoms with E-state index in [4.69, 9.17) is 23.2 Å². The van der Waals surface area contributed by atoms with Gasteiger partial charge in [0.25, 0.3) is 0 Å². The van der Waals surface area contributed by atoms with Gasteiger partial charge >= 0.3 is 0 Å². The Kier molecular flexibility index (Phi) is 4.58. The van der Waals surface area contributed by atoms with E-state index < -0.39 is 0 Å². The van der Waals surface area contributed by atoms with Gasteiger partial charge in [-0.25, -0.2) is 0 Å². The van der Waals surface area contributed by atoms with Crippen LogP contribution in [0.3, 0.4) is 0 Å². The van der Waals surface area contributed by atoms with Crippen molar-refractivity contribution in [1.82, 2.24) is 0 Å². The number of thiophene rings is 1. The Balaban J connectivity index is 2.40. The lowest BCUT2D eigenvalue weighted by molar-refractivity contribution is 1.16. The molecule has 1 unspecified atom stereocenters. The number of hydrogen-bond donors (Lipinski definition) is 0. The summed E-state index contributed by atoms with van der Waals surface area (Å²) in [6, 6.07) is 9.96. The number of rotatable bonds is 2. The Morgan fingerprint density at radius 1 is 1.25 bits per heavy atom. The topological polar surface area (TPSA) is 0 Å². The smallest absolute Gasteiger partial charge is 0.0938 e. The van der Waals surface area contributed by atoms with Crippen LogP contribution in [0.1, 0.15) is 15.8 Å². The molecule has 1 atom stereocenters. The first kappa shape index (κ1) is 13.1. The minimum absolute atomic E-state index is 0.137. The van der Waals surface area contributed by atoms with E-state index in [1.165, 1.54) is 11.3 Å². The van der Waals surface area contributed by atoms with E-state index in [9.17, 15) is 0 Å². The highest BCUT2D eigenvalue weighted by molar-refractivity contribution is 14.1. The summed E-state index contributed by atoms with van der Waals surface area (Å²) in [4.78, 5) is 1.07. The third-order valence-electron chi connectivity index (χ3n) is 2.07. The molecule has 1 heterocycles. The van der Waals surface area contributed by atoms with Crippen LogP contribution in [0.5, 0.6) is 0 Å². The molecule has 0 aliphatic carbocycles. The van der Waals surface area contributed by atoms with Gasteiger partial charge in [0.1, 0.15) is 0 Å². The number of hydrogen-bond acceptors (Lipinski definition) is 1. The molecule has 1 aromatic heterocycles. The van der Waals surface area contributed by atoms with Crippen molar-refractivity contribution in [3.63, 3.8) is 0 Å². The van der Waals surface area contributed by atoms with Crippen molar-refractivity contribution in [3.05, 3.63) is 53.2 Å². The SMILES string of the molecule is Clc1ccc(C(Cl)c2cc(Br)ccc2I)s1. The minimum Gasteiger partial charge on any atom is -0.127 e. The van der Waals surface area contributed by atoms with Crippen LogP contribution in [0.25, 0.3) is 0 Å². The zero-order valence-corrected chi connectivity index (χ0v) is 14.0. The lowest BCUT2D eigenvalue weighted by Crippen LogP contribution is -1.93. The van der Waals surface area contributed by atoms with Crippen LogP contribution in [0.15, 0.2) is 34.8 Å². The lowest BCUT2D eigenvalue weighted by Gasteiger charge is -2.10. The molecule has 1 aromatic carbocycles. The highest BCUT2D eigenvalue weighted by Crippen LogP contribution is 2.38. The monoisotopic (exact) mass is 446 g/mol. The van der Waals surface area contributed by atoms with E-state index in [2.05, 4.69) is 38.5 Å². The Hall–Kier alpha value is 0.710. The maximum atomic E-state index is 6.45. The summed E-state index contributed by atoms with van der Waals surface area (Å²) in [5, 5.41) is -0.137. The molecule has 0 N–H and O–H groups in total. The molecule has 0 spiro atoms. The van der Waals surface area contributed by atoms with Gasteiger partial charge in [-0.2, -0.15) is 0 Å². The van der Waals surface area contributed by atoms with E-state index in [1.54, 1.807) is 0 Å². The fourth-order valence-corrected chi connectivity index (χ4v) is 3.98. The minimum atomic E-state index is -0.137. The second-order valence-electron chi connectivity index (χ2n) is 3.17. The van der Waals surface area contributed by atoms with Gasteiger partial charge in [-0.3, -0.25) is 0 Å². The van der Waals surface area contributed by atoms with Crippen molar-refractivity contribution in [2.45, 2.75) is 5.38 Å². The fourth-order valence-electron chi connectivity index (χ4n) is 1.33. The van der Waals surface area contributed by atoms with E-state index in [1.807, 2.05) is 30.3 Å². The average molecular weight is 448 g/mol. The molecule has 5 heteroatoms. The van der Waals surface area contributed by atoms with Gasteiger partial charge in [0.2, 0.25) is 0 Å². The first-order valence-corrected chi connectivity index (χ1v) is 7.92. The van der Waals surface area contributed by atoms with Gasteiger partial charge in [-0.15, -0.1) is 22.9 Å². The van der Waals surface area contributed by atoms with E-state index in [-0.39, 0.29) is 5.38 Å². The summed E-state index contributed by atoms with van der Waals surface area (Å²) in [6.07, 6.45) is 0. The molecule has 16 heavy (non-hydrogen) atoms. The summed E-state index contributed by atoms with van der Waals surface area (Å²) in [5.41, 5.74) is 1.11. The van der Waals surface area contributed by atoms with Crippen molar-refractivity contribution in [3.8, 4) is 0 Å². The summed E-state index contributed by atoms with van der Waals surface area (Å²) < 4.78 is 2.96. The number of benzene rings is 1. The molecular formula is C11H6BrCl2IS. The summed E-state index contributed by atoms with van der Waals surface area (Å²) in [7, 11) is 0. The molecule has 0 saturated heterocycles. The Morgan fingerprint density at radius 2 is 2.00 bits per heavy atom. The van der Waals surface area contributed by atoms with Crippen LogP contribution in [0.4, 0.5) is 0 Å². The van der Waals surface area contributed by atoms with Crippen molar-refractivity contribution in [2.75, 3.05) is 0 Å². The molecule has 0 aliphatic heterocycles. The zero-order chi connectivity index (χ0) is 11.7. The van der Waals surface area contributed by atoms with Crippen LogP contribution >= 0.6 is 73.1 Å². The van der Waals surface area contributed by atoms with Crippen LogP contribution in [-0.4, -0.2) is 0 Å². The van der Waals surface area contributed by atoms with Gasteiger partial charge in [0, 0.05) is 12.9 Å². The van der Waals surface area contributed by atoms with E-state index >= 15 is 0 Å². The van der Waals surface area contributed by atoms with Crippen LogP contribution < -0.4 is 0 Å². The number of halogens is 4. The molecule has 84 valence electrons. The number of alkyl halides is 1. The summed E-state index contributed by atoms with van der Waals surface area (Å²) in [6.45, 7) is 0. The standard InChI is InChI=1S/C11H6BrCl2IS/c12-6-1-2-8(15)7(5-6)11(14)9-3-4-10(13)16-9/h1-5,11H. The predicted octanol–water partition coefficient (Wildman–Crippen LogP) is 6.10. The molecule has 0 nitrogen and oxygen atoms in total. The third-order valence-corrected chi connectivity index (χ3v) is 5.45. The van der Waals surface area contributed by atoms with Crippen LogP contribution in [-0.2, 0) is 0 Å². The quantitative estimate of drug-likeness (QED) is 0.385. The Labute approximate surface area is 130 Å². The van der Waals surface area contributed by atoms with E-state index in [0.717, 1.165) is 22.8 Å². The lowest BCUT2D eigenvalue weighted by atomic mass is 10.1. The summed E-state index contributed by atoms with van der Waals surface area (Å²) in [5.74, 6) is 0. The van der Waals surface area contributed by atoms with Crippen molar-refractivity contribution in [1.29, 1.82) is 0 Å². The largest absolute Gasteiger partial charge is 0.127 e. The van der Waals surface area contributed by atoms with Gasteiger partial charge in [-0.1, -0.05) is 27.5 Å². The second kappa shape index (κ2) is 5.57. The average Bonchev–Trinajstić information content (AvgIpc) is 2.67. The van der Waals surface area contributed by atoms with Crippen molar-refractivity contribution < 1.29 is 0 Å². The molecule has 0 radical (unpaired) electrons. The van der Waals surface area contributed by atoms with Crippen molar-refractivity contribution >= 4 is 73.1 Å². The maximum absolute atomic E-state index is 6.45. The highest BCUT2D eigenvalue weighted by atomic mass is 127.